The van der Waals surface area contributed by atoms with Gasteiger partial charge in [-0.15, -0.1) is 0 Å². The van der Waals surface area contributed by atoms with E-state index >= 15 is 0 Å². The van der Waals surface area contributed by atoms with Gasteiger partial charge < -0.3 is 19.7 Å². The molecule has 3 aromatic rings. The summed E-state index contributed by atoms with van der Waals surface area (Å²) in [5.41, 5.74) is 1.76. The molecule has 2 amide bonds. The zero-order valence-corrected chi connectivity index (χ0v) is 26.2. The quantitative estimate of drug-likeness (QED) is 0.291. The maximum absolute atomic E-state index is 14.3. The molecule has 1 unspecified atom stereocenters. The predicted molar refractivity (Wildman–Crippen MR) is 168 cm³/mol. The lowest BCUT2D eigenvalue weighted by Gasteiger charge is -2.34. The molecular formula is C32H38ClN3O6S. The molecule has 0 heterocycles. The Kier molecular flexibility index (Phi) is 10.9. The van der Waals surface area contributed by atoms with Crippen molar-refractivity contribution < 1.29 is 27.5 Å². The highest BCUT2D eigenvalue weighted by Gasteiger charge is 2.35. The van der Waals surface area contributed by atoms with Crippen molar-refractivity contribution in [3.63, 3.8) is 0 Å². The second kappa shape index (κ2) is 14.6. The van der Waals surface area contributed by atoms with E-state index in [9.17, 15) is 18.0 Å². The van der Waals surface area contributed by atoms with Gasteiger partial charge in [0.05, 0.1) is 26.2 Å². The van der Waals surface area contributed by atoms with Crippen LogP contribution in [0.25, 0.3) is 0 Å². The summed E-state index contributed by atoms with van der Waals surface area (Å²) in [7, 11) is -1.06. The molecule has 230 valence electrons. The number of amides is 2. The topological polar surface area (TPSA) is 105 Å². The van der Waals surface area contributed by atoms with E-state index < -0.39 is 28.5 Å². The average molecular weight is 628 g/mol. The highest BCUT2D eigenvalue weighted by molar-refractivity contribution is 7.92. The molecule has 1 aliphatic carbocycles. The Morgan fingerprint density at radius 2 is 1.65 bits per heavy atom. The standard InChI is InChI=1S/C32H38ClN3O6S/c1-41-27-16-17-28(30(20-27)42-2)36(43(3,39)40)22-31(37)35(21-24-12-9-13-25(33)18-24)29(19-23-10-5-4-6-11-23)32(38)34-26-14-7-8-15-26/h4-6,9-13,16-18,20,26,29H,7-8,14-15,19,21-22H2,1-3H3,(H,34,38). The molecule has 0 aromatic heterocycles. The maximum Gasteiger partial charge on any atom is 0.244 e. The average Bonchev–Trinajstić information content (AvgIpc) is 3.50. The van der Waals surface area contributed by atoms with Crippen LogP contribution in [0.3, 0.4) is 0 Å². The second-order valence-corrected chi connectivity index (χ2v) is 13.0. The van der Waals surface area contributed by atoms with Crippen molar-refractivity contribution in [3.8, 4) is 11.5 Å². The smallest absolute Gasteiger partial charge is 0.244 e. The van der Waals surface area contributed by atoms with Crippen LogP contribution in [0, 0.1) is 0 Å². The molecule has 0 spiro atoms. The summed E-state index contributed by atoms with van der Waals surface area (Å²) in [5, 5.41) is 3.64. The Hall–Kier alpha value is -3.76. The summed E-state index contributed by atoms with van der Waals surface area (Å²) in [6, 6.07) is 20.3. The first kappa shape index (κ1) is 32.2. The number of hydrogen-bond acceptors (Lipinski definition) is 6. The minimum atomic E-state index is -3.96. The van der Waals surface area contributed by atoms with Gasteiger partial charge in [0.15, 0.2) is 0 Å². The molecule has 1 N–H and O–H groups in total. The molecule has 0 aliphatic heterocycles. The number of nitrogens with zero attached hydrogens (tertiary/aromatic N) is 2. The number of hydrogen-bond donors (Lipinski definition) is 1. The minimum absolute atomic E-state index is 0.0324. The van der Waals surface area contributed by atoms with Crippen molar-refractivity contribution >= 4 is 39.1 Å². The Morgan fingerprint density at radius 1 is 0.953 bits per heavy atom. The Balaban J connectivity index is 1.75. The first-order valence-corrected chi connectivity index (χ1v) is 16.4. The lowest BCUT2D eigenvalue weighted by atomic mass is 10.0. The van der Waals surface area contributed by atoms with E-state index in [1.165, 1.54) is 25.2 Å². The molecular weight excluding hydrogens is 590 g/mol. The summed E-state index contributed by atoms with van der Waals surface area (Å²) >= 11 is 6.28. The molecule has 0 saturated heterocycles. The highest BCUT2D eigenvalue weighted by Crippen LogP contribution is 2.34. The van der Waals surface area contributed by atoms with Crippen molar-refractivity contribution in [1.82, 2.24) is 10.2 Å². The monoisotopic (exact) mass is 627 g/mol. The molecule has 0 radical (unpaired) electrons. The van der Waals surface area contributed by atoms with Crippen LogP contribution in [0.5, 0.6) is 11.5 Å². The molecule has 3 aromatic carbocycles. The summed E-state index contributed by atoms with van der Waals surface area (Å²) in [5.74, 6) is -0.141. The largest absolute Gasteiger partial charge is 0.497 e. The van der Waals surface area contributed by atoms with Gasteiger partial charge in [-0.2, -0.15) is 0 Å². The third kappa shape index (κ3) is 8.64. The molecule has 0 bridgehead atoms. The van der Waals surface area contributed by atoms with E-state index in [1.807, 2.05) is 36.4 Å². The predicted octanol–water partition coefficient (Wildman–Crippen LogP) is 4.82. The molecule has 4 rings (SSSR count). The van der Waals surface area contributed by atoms with E-state index in [2.05, 4.69) is 5.32 Å². The van der Waals surface area contributed by atoms with E-state index in [4.69, 9.17) is 21.1 Å². The van der Waals surface area contributed by atoms with Crippen LogP contribution < -0.4 is 19.1 Å². The van der Waals surface area contributed by atoms with Crippen LogP contribution in [0.15, 0.2) is 72.8 Å². The van der Waals surface area contributed by atoms with Crippen molar-refractivity contribution in [2.45, 2.75) is 50.7 Å². The van der Waals surface area contributed by atoms with Crippen LogP contribution >= 0.6 is 11.6 Å². The van der Waals surface area contributed by atoms with Gasteiger partial charge in [0.25, 0.3) is 0 Å². The van der Waals surface area contributed by atoms with Crippen molar-refractivity contribution in [3.05, 3.63) is 88.9 Å². The van der Waals surface area contributed by atoms with E-state index in [0.29, 0.717) is 16.3 Å². The molecule has 11 heteroatoms. The number of carbonyl (C=O) groups excluding carboxylic acids is 2. The van der Waals surface area contributed by atoms with Gasteiger partial charge in [0, 0.05) is 30.1 Å². The summed E-state index contributed by atoms with van der Waals surface area (Å²) in [4.78, 5) is 29.7. The van der Waals surface area contributed by atoms with E-state index in [1.54, 1.807) is 30.3 Å². The first-order chi connectivity index (χ1) is 20.6. The fourth-order valence-corrected chi connectivity index (χ4v) is 6.41. The van der Waals surface area contributed by atoms with Gasteiger partial charge in [0.2, 0.25) is 21.8 Å². The molecule has 1 saturated carbocycles. The first-order valence-electron chi connectivity index (χ1n) is 14.2. The third-order valence-corrected chi connectivity index (χ3v) is 8.91. The number of rotatable bonds is 13. The second-order valence-electron chi connectivity index (χ2n) is 10.7. The summed E-state index contributed by atoms with van der Waals surface area (Å²) in [6.07, 6.45) is 5.10. The van der Waals surface area contributed by atoms with E-state index in [0.717, 1.165) is 41.8 Å². The number of nitrogens with one attached hydrogen (secondary N) is 1. The number of ether oxygens (including phenoxy) is 2. The lowest BCUT2D eigenvalue weighted by molar-refractivity contribution is -0.140. The van der Waals surface area contributed by atoms with Crippen LogP contribution in [-0.4, -0.2) is 64.2 Å². The number of benzene rings is 3. The van der Waals surface area contributed by atoms with Gasteiger partial charge in [-0.25, -0.2) is 8.42 Å². The summed E-state index contributed by atoms with van der Waals surface area (Å²) < 4.78 is 37.9. The number of carbonyl (C=O) groups is 2. The SMILES string of the molecule is COc1ccc(N(CC(=O)N(Cc2cccc(Cl)c2)C(Cc2ccccc2)C(=O)NC2CCCC2)S(C)(=O)=O)c(OC)c1. The lowest BCUT2D eigenvalue weighted by Crippen LogP contribution is -2.54. The zero-order valence-electron chi connectivity index (χ0n) is 24.7. The molecule has 1 fully saturated rings. The van der Waals surface area contributed by atoms with Crippen LogP contribution in [0.4, 0.5) is 5.69 Å². The van der Waals surface area contributed by atoms with Crippen LogP contribution in [-0.2, 0) is 32.6 Å². The minimum Gasteiger partial charge on any atom is -0.497 e. The molecule has 9 nitrogen and oxygen atoms in total. The number of halogens is 1. The fourth-order valence-electron chi connectivity index (χ4n) is 5.34. The van der Waals surface area contributed by atoms with Crippen LogP contribution in [0.1, 0.15) is 36.8 Å². The molecule has 1 atom stereocenters. The number of methoxy groups -OCH3 is 2. The van der Waals surface area contributed by atoms with Crippen LogP contribution in [0.2, 0.25) is 5.02 Å². The molecule has 43 heavy (non-hydrogen) atoms. The Morgan fingerprint density at radius 3 is 2.28 bits per heavy atom. The van der Waals surface area contributed by atoms with Gasteiger partial charge in [-0.05, 0) is 48.2 Å². The van der Waals surface area contributed by atoms with Crippen molar-refractivity contribution in [2.75, 3.05) is 31.3 Å². The number of anilines is 1. The van der Waals surface area contributed by atoms with Crippen molar-refractivity contribution in [2.24, 2.45) is 0 Å². The zero-order chi connectivity index (χ0) is 31.0. The normalized spacial score (nSPS) is 14.1. The molecule has 1 aliphatic rings. The fraction of sp³-hybridized carbons (Fsp3) is 0.375. The highest BCUT2D eigenvalue weighted by atomic mass is 35.5. The van der Waals surface area contributed by atoms with Gasteiger partial charge in [-0.3, -0.25) is 13.9 Å². The number of sulfonamides is 1. The van der Waals surface area contributed by atoms with Gasteiger partial charge in [0.1, 0.15) is 24.1 Å². The van der Waals surface area contributed by atoms with E-state index in [-0.39, 0.29) is 36.4 Å². The van der Waals surface area contributed by atoms with Gasteiger partial charge >= 0.3 is 0 Å². The van der Waals surface area contributed by atoms with Gasteiger partial charge in [-0.1, -0.05) is 66.9 Å². The Bertz CT molecular complexity index is 1510. The Labute approximate surface area is 258 Å². The summed E-state index contributed by atoms with van der Waals surface area (Å²) in [6.45, 7) is -0.504. The third-order valence-electron chi connectivity index (χ3n) is 7.55. The van der Waals surface area contributed by atoms with Crippen molar-refractivity contribution in [1.29, 1.82) is 0 Å². The maximum atomic E-state index is 14.3.